The second-order valence-electron chi connectivity index (χ2n) is 3.39. The first-order chi connectivity index (χ1) is 6.15. The molecule has 0 saturated heterocycles. The Balaban J connectivity index is 2.13. The zero-order chi connectivity index (χ0) is 9.42. The first-order valence-electron chi connectivity index (χ1n) is 4.17. The molecule has 0 radical (unpaired) electrons. The Bertz CT molecular complexity index is 285. The van der Waals surface area contributed by atoms with Crippen LogP contribution in [0.2, 0.25) is 0 Å². The smallest absolute Gasteiger partial charge is 0.257 e. The van der Waals surface area contributed by atoms with Gasteiger partial charge in [-0.3, -0.25) is 9.58 Å². The summed E-state index contributed by atoms with van der Waals surface area (Å²) >= 11 is 0. The molecule has 0 saturated carbocycles. The summed E-state index contributed by atoms with van der Waals surface area (Å²) in [5, 5.41) is 4.08. The lowest BCUT2D eigenvalue weighted by Crippen LogP contribution is -2.12. The van der Waals surface area contributed by atoms with Gasteiger partial charge < -0.3 is 0 Å². The molecule has 0 bridgehead atoms. The summed E-state index contributed by atoms with van der Waals surface area (Å²) in [5.74, 6) is 0. The molecule has 0 atom stereocenters. The summed E-state index contributed by atoms with van der Waals surface area (Å²) in [6.07, 6.45) is -0.608. The van der Waals surface area contributed by atoms with Crippen molar-refractivity contribution in [2.24, 2.45) is 0 Å². The van der Waals surface area contributed by atoms with E-state index in [1.807, 2.05) is 7.05 Å². The Kier molecular flexibility index (Phi) is 2.03. The van der Waals surface area contributed by atoms with Gasteiger partial charge in [0.15, 0.2) is 0 Å². The van der Waals surface area contributed by atoms with E-state index in [-0.39, 0.29) is 6.54 Å². The normalized spacial score (nSPS) is 16.9. The lowest BCUT2D eigenvalue weighted by molar-refractivity contribution is 0.121. The number of hydrogen-bond donors (Lipinski definition) is 0. The maximum absolute atomic E-state index is 12.0. The van der Waals surface area contributed by atoms with Crippen LogP contribution in [0.3, 0.4) is 0 Å². The van der Waals surface area contributed by atoms with Crippen LogP contribution in [-0.4, -0.2) is 28.2 Å². The molecule has 0 aliphatic carbocycles. The number of hydrogen-bond acceptors (Lipinski definition) is 2. The van der Waals surface area contributed by atoms with Crippen LogP contribution in [0, 0.1) is 0 Å². The van der Waals surface area contributed by atoms with Gasteiger partial charge in [0.2, 0.25) is 0 Å². The van der Waals surface area contributed by atoms with E-state index >= 15 is 0 Å². The van der Waals surface area contributed by atoms with Gasteiger partial charge in [0, 0.05) is 24.8 Å². The van der Waals surface area contributed by atoms with Crippen LogP contribution in [0.15, 0.2) is 6.20 Å². The van der Waals surface area contributed by atoms with Gasteiger partial charge in [-0.25, -0.2) is 8.78 Å². The Labute approximate surface area is 74.9 Å². The molecule has 1 aliphatic rings. The number of aromatic nitrogens is 2. The molecule has 0 aromatic carbocycles. The van der Waals surface area contributed by atoms with Crippen molar-refractivity contribution < 1.29 is 8.78 Å². The standard InChI is InChI=1S/C8H11F2N3/c1-12-2-6-3-13(5-8(9)10)11-7(6)4-12/h3,8H,2,4-5H2,1H3. The molecular formula is C8H11F2N3. The lowest BCUT2D eigenvalue weighted by atomic mass is 10.3. The fourth-order valence-electron chi connectivity index (χ4n) is 1.61. The number of rotatable bonds is 2. The third kappa shape index (κ3) is 1.70. The molecule has 0 N–H and O–H groups in total. The number of halogens is 2. The van der Waals surface area contributed by atoms with Crippen LogP contribution in [-0.2, 0) is 19.6 Å². The van der Waals surface area contributed by atoms with Gasteiger partial charge in [0.05, 0.1) is 5.69 Å². The van der Waals surface area contributed by atoms with Crippen molar-refractivity contribution in [3.63, 3.8) is 0 Å². The zero-order valence-electron chi connectivity index (χ0n) is 7.37. The van der Waals surface area contributed by atoms with Crippen molar-refractivity contribution in [2.45, 2.75) is 26.1 Å². The Morgan fingerprint density at radius 1 is 1.54 bits per heavy atom. The highest BCUT2D eigenvalue weighted by atomic mass is 19.3. The number of nitrogens with zero attached hydrogens (tertiary/aromatic N) is 3. The summed E-state index contributed by atoms with van der Waals surface area (Å²) in [7, 11) is 1.99. The van der Waals surface area contributed by atoms with E-state index in [4.69, 9.17) is 0 Å². The third-order valence-corrected chi connectivity index (χ3v) is 2.11. The molecule has 3 nitrogen and oxygen atoms in total. The monoisotopic (exact) mass is 187 g/mol. The number of alkyl halides is 2. The summed E-state index contributed by atoms with van der Waals surface area (Å²) in [5.41, 5.74) is 2.01. The maximum atomic E-state index is 12.0. The predicted octanol–water partition coefficient (Wildman–Crippen LogP) is 1.09. The van der Waals surface area contributed by atoms with E-state index in [0.29, 0.717) is 0 Å². The molecule has 0 amide bonds. The Morgan fingerprint density at radius 3 is 2.92 bits per heavy atom. The highest BCUT2D eigenvalue weighted by molar-refractivity contribution is 5.20. The van der Waals surface area contributed by atoms with Gasteiger partial charge in [0.25, 0.3) is 6.43 Å². The van der Waals surface area contributed by atoms with Crippen molar-refractivity contribution in [1.82, 2.24) is 14.7 Å². The molecule has 5 heteroatoms. The second-order valence-corrected chi connectivity index (χ2v) is 3.39. The molecule has 13 heavy (non-hydrogen) atoms. The summed E-state index contributed by atoms with van der Waals surface area (Å²) in [6, 6.07) is 0. The maximum Gasteiger partial charge on any atom is 0.257 e. The van der Waals surface area contributed by atoms with Gasteiger partial charge in [0.1, 0.15) is 6.54 Å². The highest BCUT2D eigenvalue weighted by Crippen LogP contribution is 2.19. The SMILES string of the molecule is CN1Cc2cn(CC(F)F)nc2C1. The first kappa shape index (κ1) is 8.62. The number of fused-ring (bicyclic) bond motifs is 1. The van der Waals surface area contributed by atoms with Gasteiger partial charge in [-0.2, -0.15) is 5.10 Å². The molecule has 0 unspecified atom stereocenters. The summed E-state index contributed by atoms with van der Waals surface area (Å²) in [6.45, 7) is 1.29. The van der Waals surface area contributed by atoms with Crippen molar-refractivity contribution >= 4 is 0 Å². The molecule has 1 aromatic rings. The Hall–Kier alpha value is -0.970. The van der Waals surface area contributed by atoms with Crippen LogP contribution in [0.5, 0.6) is 0 Å². The van der Waals surface area contributed by atoms with E-state index in [1.54, 1.807) is 6.20 Å². The van der Waals surface area contributed by atoms with Crippen LogP contribution >= 0.6 is 0 Å². The van der Waals surface area contributed by atoms with Gasteiger partial charge >= 0.3 is 0 Å². The summed E-state index contributed by atoms with van der Waals surface area (Å²) < 4.78 is 25.3. The van der Waals surface area contributed by atoms with E-state index < -0.39 is 6.43 Å². The van der Waals surface area contributed by atoms with Gasteiger partial charge in [-0.1, -0.05) is 0 Å². The molecule has 0 fully saturated rings. The fraction of sp³-hybridized carbons (Fsp3) is 0.625. The van der Waals surface area contributed by atoms with E-state index in [2.05, 4.69) is 10.00 Å². The largest absolute Gasteiger partial charge is 0.296 e. The molecule has 1 aliphatic heterocycles. The van der Waals surface area contributed by atoms with E-state index in [9.17, 15) is 8.78 Å². The molecular weight excluding hydrogens is 176 g/mol. The average Bonchev–Trinajstić information content (AvgIpc) is 2.41. The Morgan fingerprint density at radius 2 is 2.31 bits per heavy atom. The van der Waals surface area contributed by atoms with Crippen LogP contribution in [0.25, 0.3) is 0 Å². The van der Waals surface area contributed by atoms with Gasteiger partial charge in [-0.15, -0.1) is 0 Å². The van der Waals surface area contributed by atoms with E-state index in [0.717, 1.165) is 24.3 Å². The average molecular weight is 187 g/mol. The molecule has 2 rings (SSSR count). The third-order valence-electron chi connectivity index (χ3n) is 2.11. The zero-order valence-corrected chi connectivity index (χ0v) is 7.37. The fourth-order valence-corrected chi connectivity index (χ4v) is 1.61. The van der Waals surface area contributed by atoms with Crippen LogP contribution in [0.4, 0.5) is 8.78 Å². The van der Waals surface area contributed by atoms with Crippen molar-refractivity contribution in [3.8, 4) is 0 Å². The molecule has 2 heterocycles. The summed E-state index contributed by atoms with van der Waals surface area (Å²) in [4.78, 5) is 2.10. The topological polar surface area (TPSA) is 21.1 Å². The minimum absolute atomic E-state index is 0.295. The first-order valence-corrected chi connectivity index (χ1v) is 4.17. The second kappa shape index (κ2) is 3.06. The van der Waals surface area contributed by atoms with Crippen LogP contribution < -0.4 is 0 Å². The highest BCUT2D eigenvalue weighted by Gasteiger charge is 2.19. The quantitative estimate of drug-likeness (QED) is 0.691. The minimum atomic E-state index is -2.32. The van der Waals surface area contributed by atoms with Crippen molar-refractivity contribution in [3.05, 3.63) is 17.5 Å². The molecule has 72 valence electrons. The van der Waals surface area contributed by atoms with Gasteiger partial charge in [-0.05, 0) is 7.05 Å². The minimum Gasteiger partial charge on any atom is -0.296 e. The van der Waals surface area contributed by atoms with Crippen LogP contribution in [0.1, 0.15) is 11.3 Å². The van der Waals surface area contributed by atoms with E-state index in [1.165, 1.54) is 4.68 Å². The van der Waals surface area contributed by atoms with Crippen molar-refractivity contribution in [1.29, 1.82) is 0 Å². The molecule has 0 spiro atoms. The molecule has 1 aromatic heterocycles. The lowest BCUT2D eigenvalue weighted by Gasteiger charge is -2.05. The predicted molar refractivity (Wildman–Crippen MR) is 43.4 cm³/mol. The van der Waals surface area contributed by atoms with Crippen molar-refractivity contribution in [2.75, 3.05) is 7.05 Å².